The molecular weight excluding hydrogens is 278 g/mol. The molecule has 1 aliphatic carbocycles. The smallest absolute Gasteiger partial charge is 0.0968 e. The second-order valence-corrected chi connectivity index (χ2v) is 5.88. The first-order valence-electron chi connectivity index (χ1n) is 7.83. The van der Waals surface area contributed by atoms with Crippen LogP contribution in [0.3, 0.4) is 0 Å². The number of hydrogen-bond acceptors (Lipinski definition) is 1. The number of nitriles is 1. The van der Waals surface area contributed by atoms with Crippen molar-refractivity contribution in [1.82, 2.24) is 0 Å². The lowest BCUT2D eigenvalue weighted by molar-refractivity contribution is 0.641. The first-order chi connectivity index (χ1) is 11.3. The maximum atomic E-state index is 9.39. The van der Waals surface area contributed by atoms with Gasteiger partial charge in [0.05, 0.1) is 11.5 Å². The largest absolute Gasteiger partial charge is 0.197 e. The highest BCUT2D eigenvalue weighted by Gasteiger charge is 2.25. The third-order valence-electron chi connectivity index (χ3n) is 4.29. The van der Waals surface area contributed by atoms with Crippen LogP contribution in [0.15, 0.2) is 91.6 Å². The summed E-state index contributed by atoms with van der Waals surface area (Å²) in [5.41, 5.74) is 3.16. The molecule has 23 heavy (non-hydrogen) atoms. The molecular formula is C22H19N. The van der Waals surface area contributed by atoms with Crippen LogP contribution < -0.4 is 0 Å². The number of allylic oxidation sites excluding steroid dienone is 5. The molecule has 2 aromatic rings. The minimum absolute atomic E-state index is 0.228. The van der Waals surface area contributed by atoms with Crippen molar-refractivity contribution in [2.45, 2.75) is 12.3 Å². The lowest BCUT2D eigenvalue weighted by Gasteiger charge is -2.23. The Morgan fingerprint density at radius 3 is 2.13 bits per heavy atom. The first-order valence-corrected chi connectivity index (χ1v) is 7.83. The Kier molecular flexibility index (Phi) is 4.26. The Labute approximate surface area is 137 Å². The van der Waals surface area contributed by atoms with E-state index in [1.165, 1.54) is 16.7 Å². The average Bonchev–Trinajstić information content (AvgIpc) is 2.63. The summed E-state index contributed by atoms with van der Waals surface area (Å²) in [7, 11) is 0. The summed E-state index contributed by atoms with van der Waals surface area (Å²) >= 11 is 0. The fourth-order valence-corrected chi connectivity index (χ4v) is 2.92. The van der Waals surface area contributed by atoms with Crippen LogP contribution in [-0.4, -0.2) is 0 Å². The summed E-state index contributed by atoms with van der Waals surface area (Å²) in [4.78, 5) is 0. The molecule has 0 radical (unpaired) electrons. The second kappa shape index (κ2) is 6.50. The molecule has 1 aliphatic rings. The Bertz CT molecular complexity index is 759. The third-order valence-corrected chi connectivity index (χ3v) is 4.29. The van der Waals surface area contributed by atoms with Crippen LogP contribution in [0.4, 0.5) is 0 Å². The van der Waals surface area contributed by atoms with E-state index in [-0.39, 0.29) is 5.92 Å². The van der Waals surface area contributed by atoms with E-state index in [2.05, 4.69) is 73.3 Å². The standard InChI is InChI=1S/C22H19N/c1-2-14-22(17-23)15-12-21(13-16-22)20-10-8-19(9-11-20)18-6-4-3-5-7-18/h2-13,15-16,21H,1,14H2. The molecule has 0 aliphatic heterocycles. The van der Waals surface area contributed by atoms with Crippen LogP contribution in [0.25, 0.3) is 11.1 Å². The van der Waals surface area contributed by atoms with E-state index in [1.807, 2.05) is 18.2 Å². The molecule has 0 saturated carbocycles. The zero-order valence-corrected chi connectivity index (χ0v) is 13.0. The van der Waals surface area contributed by atoms with Gasteiger partial charge in [0.2, 0.25) is 0 Å². The topological polar surface area (TPSA) is 23.8 Å². The fourth-order valence-electron chi connectivity index (χ4n) is 2.92. The molecule has 0 unspecified atom stereocenters. The highest BCUT2D eigenvalue weighted by Crippen LogP contribution is 2.34. The highest BCUT2D eigenvalue weighted by molar-refractivity contribution is 5.63. The van der Waals surface area contributed by atoms with Crippen LogP contribution in [-0.2, 0) is 0 Å². The lowest BCUT2D eigenvalue weighted by Crippen LogP contribution is -2.14. The average molecular weight is 297 g/mol. The molecule has 0 atom stereocenters. The first kappa shape index (κ1) is 15.1. The van der Waals surface area contributed by atoms with E-state index < -0.39 is 5.41 Å². The van der Waals surface area contributed by atoms with Crippen molar-refractivity contribution in [3.63, 3.8) is 0 Å². The van der Waals surface area contributed by atoms with Crippen LogP contribution >= 0.6 is 0 Å². The number of hydrogen-bond donors (Lipinski definition) is 0. The minimum Gasteiger partial charge on any atom is -0.197 e. The number of benzene rings is 2. The molecule has 1 heteroatoms. The Hall–Kier alpha value is -2.85. The number of rotatable bonds is 4. The van der Waals surface area contributed by atoms with Crippen molar-refractivity contribution >= 4 is 0 Å². The van der Waals surface area contributed by atoms with Gasteiger partial charge >= 0.3 is 0 Å². The molecule has 0 fully saturated rings. The van der Waals surface area contributed by atoms with Crippen molar-refractivity contribution < 1.29 is 0 Å². The van der Waals surface area contributed by atoms with Crippen molar-refractivity contribution in [3.05, 3.63) is 97.1 Å². The predicted octanol–water partition coefficient (Wildman–Crippen LogP) is 5.65. The van der Waals surface area contributed by atoms with Crippen molar-refractivity contribution in [2.24, 2.45) is 5.41 Å². The van der Waals surface area contributed by atoms with Crippen molar-refractivity contribution in [3.8, 4) is 17.2 Å². The van der Waals surface area contributed by atoms with Gasteiger partial charge < -0.3 is 0 Å². The lowest BCUT2D eigenvalue weighted by atomic mass is 9.79. The van der Waals surface area contributed by atoms with Gasteiger partial charge in [-0.1, -0.05) is 85.0 Å². The Morgan fingerprint density at radius 1 is 0.957 bits per heavy atom. The maximum absolute atomic E-state index is 9.39. The highest BCUT2D eigenvalue weighted by atomic mass is 14.4. The van der Waals surface area contributed by atoms with Crippen LogP contribution in [0.1, 0.15) is 17.9 Å². The van der Waals surface area contributed by atoms with E-state index >= 15 is 0 Å². The predicted molar refractivity (Wildman–Crippen MR) is 95.8 cm³/mol. The fraction of sp³-hybridized carbons (Fsp3) is 0.136. The van der Waals surface area contributed by atoms with E-state index in [9.17, 15) is 5.26 Å². The monoisotopic (exact) mass is 297 g/mol. The van der Waals surface area contributed by atoms with E-state index in [0.29, 0.717) is 6.42 Å². The van der Waals surface area contributed by atoms with Crippen molar-refractivity contribution in [1.29, 1.82) is 5.26 Å². The van der Waals surface area contributed by atoms with Crippen LogP contribution in [0, 0.1) is 16.7 Å². The van der Waals surface area contributed by atoms with Gasteiger partial charge in [-0.2, -0.15) is 5.26 Å². The third kappa shape index (κ3) is 3.17. The molecule has 0 spiro atoms. The second-order valence-electron chi connectivity index (χ2n) is 5.88. The van der Waals surface area contributed by atoms with E-state index in [0.717, 1.165) is 0 Å². The van der Waals surface area contributed by atoms with Gasteiger partial charge in [0.25, 0.3) is 0 Å². The Morgan fingerprint density at radius 2 is 1.57 bits per heavy atom. The molecule has 1 nitrogen and oxygen atoms in total. The van der Waals surface area contributed by atoms with Crippen molar-refractivity contribution in [2.75, 3.05) is 0 Å². The van der Waals surface area contributed by atoms with Gasteiger partial charge in [-0.05, 0) is 23.1 Å². The zero-order valence-electron chi connectivity index (χ0n) is 13.0. The molecule has 3 rings (SSSR count). The van der Waals surface area contributed by atoms with Crippen LogP contribution in [0.5, 0.6) is 0 Å². The molecule has 0 aromatic heterocycles. The van der Waals surface area contributed by atoms with Gasteiger partial charge in [0, 0.05) is 5.92 Å². The van der Waals surface area contributed by atoms with Gasteiger partial charge in [-0.25, -0.2) is 0 Å². The summed E-state index contributed by atoms with van der Waals surface area (Å²) in [6.07, 6.45) is 10.7. The molecule has 112 valence electrons. The molecule has 0 saturated heterocycles. The van der Waals surface area contributed by atoms with Gasteiger partial charge in [-0.3, -0.25) is 0 Å². The molecule has 0 N–H and O–H groups in total. The maximum Gasteiger partial charge on any atom is 0.0968 e. The van der Waals surface area contributed by atoms with Gasteiger partial charge in [0.15, 0.2) is 0 Å². The van der Waals surface area contributed by atoms with E-state index in [4.69, 9.17) is 0 Å². The van der Waals surface area contributed by atoms with Crippen LogP contribution in [0.2, 0.25) is 0 Å². The molecule has 2 aromatic carbocycles. The SMILES string of the molecule is C=CCC1(C#N)C=CC(c2ccc(-c3ccccc3)cc2)C=C1. The summed E-state index contributed by atoms with van der Waals surface area (Å²) in [6, 6.07) is 21.4. The Balaban J connectivity index is 1.80. The van der Waals surface area contributed by atoms with Gasteiger partial charge in [0.1, 0.15) is 0 Å². The summed E-state index contributed by atoms with van der Waals surface area (Å²) in [6.45, 7) is 3.74. The molecule has 0 heterocycles. The summed E-state index contributed by atoms with van der Waals surface area (Å²) in [5.74, 6) is 0.228. The number of nitrogens with zero attached hydrogens (tertiary/aromatic N) is 1. The molecule has 0 amide bonds. The quantitative estimate of drug-likeness (QED) is 0.669. The van der Waals surface area contributed by atoms with E-state index in [1.54, 1.807) is 6.08 Å². The normalized spacial score (nSPS) is 22.5. The molecule has 0 bridgehead atoms. The summed E-state index contributed by atoms with van der Waals surface area (Å²) in [5, 5.41) is 9.39. The van der Waals surface area contributed by atoms with Gasteiger partial charge in [-0.15, -0.1) is 6.58 Å². The summed E-state index contributed by atoms with van der Waals surface area (Å²) < 4.78 is 0. The zero-order chi connectivity index (χ0) is 16.1. The minimum atomic E-state index is -0.526.